The molecule has 0 aromatic carbocycles. The fraction of sp³-hybridized carbons (Fsp3) is 0.933. The van der Waals surface area contributed by atoms with Gasteiger partial charge in [0.2, 0.25) is 0 Å². The number of hydrogen-bond donors (Lipinski definition) is 1. The van der Waals surface area contributed by atoms with Crippen molar-refractivity contribution < 1.29 is 20.1 Å². The summed E-state index contributed by atoms with van der Waals surface area (Å²) in [6.45, 7) is 1.95. The Hall–Kier alpha value is -0.610. The largest absolute Gasteiger partial charge is 0.481 e. The Balaban J connectivity index is 0.00000133. The Bertz CT molecular complexity index is 337. The van der Waals surface area contributed by atoms with Gasteiger partial charge in [0.25, 0.3) is 0 Å². The minimum absolute atomic E-state index is 0. The molecule has 0 radical (unpaired) electrons. The first-order valence-electron chi connectivity index (χ1n) is 7.48. The molecule has 0 aromatic rings. The molecule has 2 saturated carbocycles. The third-order valence-electron chi connectivity index (χ3n) is 5.56. The number of ether oxygens (including phenoxy) is 1. The van der Waals surface area contributed by atoms with Gasteiger partial charge in [0.05, 0.1) is 17.6 Å². The van der Waals surface area contributed by atoms with E-state index in [2.05, 4.69) is 0 Å². The van der Waals surface area contributed by atoms with Crippen LogP contribution >= 0.6 is 0 Å². The van der Waals surface area contributed by atoms with E-state index in [0.717, 1.165) is 25.2 Å². The van der Waals surface area contributed by atoms with Crippen LogP contribution in [0.1, 0.15) is 58.3 Å². The van der Waals surface area contributed by atoms with Crippen molar-refractivity contribution in [2.24, 2.45) is 17.3 Å². The lowest BCUT2D eigenvalue weighted by Gasteiger charge is -2.38. The van der Waals surface area contributed by atoms with Crippen LogP contribution in [-0.4, -0.2) is 28.8 Å². The lowest BCUT2D eigenvalue weighted by molar-refractivity contribution is -0.153. The highest BCUT2D eigenvalue weighted by molar-refractivity contribution is 5.75. The van der Waals surface area contributed by atoms with E-state index in [9.17, 15) is 9.90 Å². The minimum Gasteiger partial charge on any atom is -0.481 e. The monoisotopic (exact) mass is 270 g/mol. The van der Waals surface area contributed by atoms with Gasteiger partial charge in [-0.15, -0.1) is 0 Å². The highest BCUT2D eigenvalue weighted by atomic mass is 16.6. The van der Waals surface area contributed by atoms with Gasteiger partial charge in [-0.05, 0) is 38.0 Å². The van der Waals surface area contributed by atoms with Gasteiger partial charge < -0.3 is 15.3 Å². The van der Waals surface area contributed by atoms with Gasteiger partial charge in [-0.25, -0.2) is 0 Å². The number of fused-ring (bicyclic) bond motifs is 1. The van der Waals surface area contributed by atoms with Crippen molar-refractivity contribution in [3.8, 4) is 0 Å². The molecule has 0 bridgehead atoms. The van der Waals surface area contributed by atoms with E-state index in [-0.39, 0.29) is 11.6 Å². The van der Waals surface area contributed by atoms with Crippen LogP contribution in [-0.2, 0) is 9.53 Å². The summed E-state index contributed by atoms with van der Waals surface area (Å²) in [6.07, 6.45) is 10.1. The average Bonchev–Trinajstić information content (AvgIpc) is 3.08. The SMILES string of the molecule is CC1(C(=O)O)CC2OC2CC1CC1CCCCC1.O. The molecule has 1 heterocycles. The van der Waals surface area contributed by atoms with Gasteiger partial charge in [0, 0.05) is 0 Å². The summed E-state index contributed by atoms with van der Waals surface area (Å²) >= 11 is 0. The number of epoxide rings is 1. The predicted molar refractivity (Wildman–Crippen MR) is 71.9 cm³/mol. The van der Waals surface area contributed by atoms with E-state index >= 15 is 0 Å². The molecule has 3 fully saturated rings. The first-order chi connectivity index (χ1) is 8.59. The summed E-state index contributed by atoms with van der Waals surface area (Å²) < 4.78 is 5.58. The lowest BCUT2D eigenvalue weighted by atomic mass is 9.63. The molecular formula is C15H26O4. The van der Waals surface area contributed by atoms with E-state index in [1.807, 2.05) is 6.92 Å². The summed E-state index contributed by atoms with van der Waals surface area (Å²) in [5, 5.41) is 9.58. The van der Waals surface area contributed by atoms with Crippen molar-refractivity contribution in [3.05, 3.63) is 0 Å². The third kappa shape index (κ3) is 2.79. The molecule has 3 aliphatic rings. The standard InChI is InChI=1S/C15H24O3.H2O/c1-15(14(16)17)9-13-12(18-13)8-11(15)7-10-5-3-2-4-6-10;/h10-13H,2-9H2,1H3,(H,16,17);1H2. The van der Waals surface area contributed by atoms with Crippen molar-refractivity contribution in [3.63, 3.8) is 0 Å². The highest BCUT2D eigenvalue weighted by Crippen LogP contribution is 2.52. The van der Waals surface area contributed by atoms with Gasteiger partial charge in [-0.2, -0.15) is 0 Å². The maximum Gasteiger partial charge on any atom is 0.309 e. The van der Waals surface area contributed by atoms with Crippen LogP contribution in [0.2, 0.25) is 0 Å². The van der Waals surface area contributed by atoms with Gasteiger partial charge in [0.15, 0.2) is 0 Å². The van der Waals surface area contributed by atoms with Crippen LogP contribution in [0.5, 0.6) is 0 Å². The molecule has 4 nitrogen and oxygen atoms in total. The molecule has 3 rings (SSSR count). The Kier molecular flexibility index (Phi) is 4.21. The molecule has 4 atom stereocenters. The summed E-state index contributed by atoms with van der Waals surface area (Å²) in [6, 6.07) is 0. The van der Waals surface area contributed by atoms with E-state index in [1.165, 1.54) is 32.1 Å². The Labute approximate surface area is 114 Å². The maximum absolute atomic E-state index is 11.6. The van der Waals surface area contributed by atoms with E-state index in [0.29, 0.717) is 12.0 Å². The highest BCUT2D eigenvalue weighted by Gasteiger charge is 2.56. The normalized spacial score (nSPS) is 42.1. The number of hydrogen-bond acceptors (Lipinski definition) is 2. The molecule has 2 aliphatic carbocycles. The Morgan fingerprint density at radius 3 is 2.58 bits per heavy atom. The lowest BCUT2D eigenvalue weighted by Crippen LogP contribution is -2.42. The van der Waals surface area contributed by atoms with E-state index < -0.39 is 11.4 Å². The zero-order chi connectivity index (χ0) is 12.8. The number of aliphatic carboxylic acids is 1. The van der Waals surface area contributed by atoms with Gasteiger partial charge >= 0.3 is 5.97 Å². The van der Waals surface area contributed by atoms with Crippen LogP contribution < -0.4 is 0 Å². The smallest absolute Gasteiger partial charge is 0.309 e. The topological polar surface area (TPSA) is 81.3 Å². The maximum atomic E-state index is 11.6. The van der Waals surface area contributed by atoms with E-state index in [4.69, 9.17) is 4.74 Å². The second-order valence-electron chi connectivity index (χ2n) is 6.81. The van der Waals surface area contributed by atoms with Gasteiger partial charge in [0.1, 0.15) is 0 Å². The molecule has 0 aromatic heterocycles. The Morgan fingerprint density at radius 1 is 1.26 bits per heavy atom. The molecule has 19 heavy (non-hydrogen) atoms. The fourth-order valence-electron chi connectivity index (χ4n) is 4.13. The average molecular weight is 270 g/mol. The van der Waals surface area contributed by atoms with Gasteiger partial charge in [-0.3, -0.25) is 4.79 Å². The first kappa shape index (κ1) is 14.8. The van der Waals surface area contributed by atoms with Crippen molar-refractivity contribution in [1.82, 2.24) is 0 Å². The molecule has 4 heteroatoms. The quantitative estimate of drug-likeness (QED) is 0.799. The number of carboxylic acids is 1. The second kappa shape index (κ2) is 5.41. The molecule has 0 spiro atoms. The Morgan fingerprint density at radius 2 is 1.95 bits per heavy atom. The molecule has 0 amide bonds. The molecule has 110 valence electrons. The van der Waals surface area contributed by atoms with Crippen LogP contribution in [0.3, 0.4) is 0 Å². The van der Waals surface area contributed by atoms with E-state index in [1.54, 1.807) is 0 Å². The number of rotatable bonds is 3. The fourth-order valence-corrected chi connectivity index (χ4v) is 4.13. The van der Waals surface area contributed by atoms with Crippen LogP contribution in [0.15, 0.2) is 0 Å². The van der Waals surface area contributed by atoms with Crippen LogP contribution in [0.4, 0.5) is 0 Å². The zero-order valence-corrected chi connectivity index (χ0v) is 11.7. The third-order valence-corrected chi connectivity index (χ3v) is 5.56. The molecule has 4 unspecified atom stereocenters. The summed E-state index contributed by atoms with van der Waals surface area (Å²) in [7, 11) is 0. The zero-order valence-electron chi connectivity index (χ0n) is 11.7. The molecule has 3 N–H and O–H groups in total. The minimum atomic E-state index is -0.614. The van der Waals surface area contributed by atoms with Crippen LogP contribution in [0.25, 0.3) is 0 Å². The van der Waals surface area contributed by atoms with Crippen molar-refractivity contribution in [2.75, 3.05) is 0 Å². The van der Waals surface area contributed by atoms with Crippen molar-refractivity contribution in [1.29, 1.82) is 0 Å². The molecule has 1 saturated heterocycles. The molecule has 1 aliphatic heterocycles. The summed E-state index contributed by atoms with van der Waals surface area (Å²) in [5.74, 6) is 0.469. The van der Waals surface area contributed by atoms with Crippen molar-refractivity contribution in [2.45, 2.75) is 70.5 Å². The van der Waals surface area contributed by atoms with Crippen LogP contribution in [0, 0.1) is 17.3 Å². The number of carboxylic acid groups (broad SMARTS) is 1. The number of carbonyl (C=O) groups is 1. The summed E-state index contributed by atoms with van der Waals surface area (Å²) in [5.41, 5.74) is -0.547. The first-order valence-corrected chi connectivity index (χ1v) is 7.48. The van der Waals surface area contributed by atoms with Crippen molar-refractivity contribution >= 4 is 5.97 Å². The molecular weight excluding hydrogens is 244 g/mol. The summed E-state index contributed by atoms with van der Waals surface area (Å²) in [4.78, 5) is 11.6. The van der Waals surface area contributed by atoms with Gasteiger partial charge in [-0.1, -0.05) is 32.1 Å². The second-order valence-corrected chi connectivity index (χ2v) is 6.81. The predicted octanol–water partition coefficient (Wildman–Crippen LogP) is 2.40.